The molecule has 2 unspecified atom stereocenters. The second-order valence-corrected chi connectivity index (χ2v) is 14.6. The number of aromatic nitrogens is 4. The smallest absolute Gasteiger partial charge is 0.319 e. The van der Waals surface area contributed by atoms with Crippen LogP contribution in [0.15, 0.2) is 16.5 Å². The fourth-order valence-corrected chi connectivity index (χ4v) is 8.98. The zero-order valence-corrected chi connectivity index (χ0v) is 26.2. The van der Waals surface area contributed by atoms with E-state index in [1.54, 1.807) is 6.07 Å². The van der Waals surface area contributed by atoms with E-state index >= 15 is 0 Å². The Balaban J connectivity index is 1.19. The molecule has 1 aliphatic carbocycles. The molecule has 3 aromatic heterocycles. The van der Waals surface area contributed by atoms with Crippen LogP contribution in [-0.2, 0) is 4.74 Å². The van der Waals surface area contributed by atoms with Crippen molar-refractivity contribution in [1.82, 2.24) is 30.2 Å². The van der Waals surface area contributed by atoms with Gasteiger partial charge in [0.15, 0.2) is 17.2 Å². The van der Waals surface area contributed by atoms with Gasteiger partial charge in [-0.1, -0.05) is 0 Å². The molecule has 6 fully saturated rings. The average molecular weight is 645 g/mol. The molecule has 6 aliphatic rings. The maximum Gasteiger partial charge on any atom is 0.319 e. The second-order valence-electron chi connectivity index (χ2n) is 14.6. The molecule has 11 nitrogen and oxygen atoms in total. The molecule has 47 heavy (non-hydrogen) atoms. The van der Waals surface area contributed by atoms with Crippen molar-refractivity contribution in [2.24, 2.45) is 0 Å². The number of piperazine rings is 1. The van der Waals surface area contributed by atoms with Crippen molar-refractivity contribution in [3.05, 3.63) is 29.2 Å². The zero-order valence-electron chi connectivity index (χ0n) is 26.2. The van der Waals surface area contributed by atoms with Crippen LogP contribution in [0.25, 0.3) is 33.3 Å². The standard InChI is InChI=1S/C34H38F2N8O3/c35-19-10-34(8-1-9-44(34)11-19)16-46-33-41-28-24(18-14-45-15-18)25(22-6-7-23(36)30-27(22)40-32(37)47-30)26(17-2-3-17)39-29(28)31(42-33)43-12-20-4-5-21(13-43)38-20/h6-7,17-21,38H,1-5,8-16H2,(H2,37,40)/t19-,20?,21?,34+/m1/s1. The molecule has 0 radical (unpaired) electrons. The summed E-state index contributed by atoms with van der Waals surface area (Å²) in [6, 6.07) is 4.14. The van der Waals surface area contributed by atoms with Crippen LogP contribution >= 0.6 is 0 Å². The number of hydrogen-bond donors (Lipinski definition) is 2. The number of nitrogens with zero attached hydrogens (tertiary/aromatic N) is 6. The van der Waals surface area contributed by atoms with Crippen LogP contribution in [0.2, 0.25) is 0 Å². The molecule has 3 N–H and O–H groups in total. The fraction of sp³-hybridized carbons (Fsp3) is 0.588. The lowest BCUT2D eigenvalue weighted by molar-refractivity contribution is 0.00908. The van der Waals surface area contributed by atoms with Crippen molar-refractivity contribution in [3.63, 3.8) is 0 Å². The van der Waals surface area contributed by atoms with Crippen molar-refractivity contribution >= 4 is 34.0 Å². The van der Waals surface area contributed by atoms with Gasteiger partial charge < -0.3 is 29.8 Å². The van der Waals surface area contributed by atoms with Gasteiger partial charge >= 0.3 is 6.01 Å². The average Bonchev–Trinajstić information content (AvgIpc) is 3.40. The number of hydrogen-bond acceptors (Lipinski definition) is 11. The van der Waals surface area contributed by atoms with Crippen LogP contribution in [-0.4, -0.2) is 94.6 Å². The van der Waals surface area contributed by atoms with Crippen LogP contribution in [0.3, 0.4) is 0 Å². The number of nitrogens with two attached hydrogens (primary N) is 1. The summed E-state index contributed by atoms with van der Waals surface area (Å²) < 4.78 is 47.4. The summed E-state index contributed by atoms with van der Waals surface area (Å²) in [7, 11) is 0. The van der Waals surface area contributed by atoms with Crippen LogP contribution in [0.5, 0.6) is 6.01 Å². The first-order chi connectivity index (χ1) is 22.9. The normalized spacial score (nSPS) is 29.2. The number of anilines is 2. The number of pyridine rings is 1. The molecule has 5 aliphatic heterocycles. The Labute approximate surface area is 270 Å². The van der Waals surface area contributed by atoms with Gasteiger partial charge in [0.2, 0.25) is 0 Å². The van der Waals surface area contributed by atoms with Gasteiger partial charge in [0, 0.05) is 61.1 Å². The van der Waals surface area contributed by atoms with Crippen LogP contribution in [0, 0.1) is 5.82 Å². The van der Waals surface area contributed by atoms with E-state index in [1.165, 1.54) is 6.07 Å². The number of fused-ring (bicyclic) bond motifs is 5. The number of oxazole rings is 1. The summed E-state index contributed by atoms with van der Waals surface area (Å²) in [5, 5.41) is 3.73. The molecule has 4 aromatic rings. The molecule has 0 spiro atoms. The number of nitrogen functional groups attached to an aromatic ring is 1. The number of nitrogens with one attached hydrogen (secondary N) is 1. The molecule has 2 bridgehead atoms. The molecule has 8 heterocycles. The Bertz CT molecular complexity index is 1900. The van der Waals surface area contributed by atoms with Crippen LogP contribution in [0.4, 0.5) is 20.6 Å². The van der Waals surface area contributed by atoms with Crippen molar-refractivity contribution in [2.75, 3.05) is 56.6 Å². The highest BCUT2D eigenvalue weighted by Crippen LogP contribution is 2.51. The van der Waals surface area contributed by atoms with Gasteiger partial charge in [0.1, 0.15) is 29.3 Å². The molecule has 5 saturated heterocycles. The lowest BCUT2D eigenvalue weighted by Gasteiger charge is -2.35. The molecule has 13 heteroatoms. The first-order valence-corrected chi connectivity index (χ1v) is 17.1. The van der Waals surface area contributed by atoms with Gasteiger partial charge in [-0.05, 0) is 62.8 Å². The quantitative estimate of drug-likeness (QED) is 0.296. The zero-order chi connectivity index (χ0) is 31.4. The van der Waals surface area contributed by atoms with Gasteiger partial charge in [-0.25, -0.2) is 13.8 Å². The number of rotatable bonds is 7. The van der Waals surface area contributed by atoms with E-state index in [0.29, 0.717) is 55.9 Å². The molecule has 4 atom stereocenters. The minimum Gasteiger partial charge on any atom is -0.461 e. The number of ether oxygens (including phenoxy) is 2. The van der Waals surface area contributed by atoms with E-state index in [4.69, 9.17) is 34.6 Å². The molecule has 246 valence electrons. The van der Waals surface area contributed by atoms with E-state index in [1.807, 2.05) is 0 Å². The summed E-state index contributed by atoms with van der Waals surface area (Å²) in [5.74, 6) is 0.562. The van der Waals surface area contributed by atoms with E-state index in [9.17, 15) is 8.78 Å². The highest BCUT2D eigenvalue weighted by atomic mass is 19.1. The Hall–Kier alpha value is -3.68. The molecule has 1 saturated carbocycles. The highest BCUT2D eigenvalue weighted by molar-refractivity contribution is 6.00. The predicted octanol–water partition coefficient (Wildman–Crippen LogP) is 4.44. The molecule has 0 amide bonds. The van der Waals surface area contributed by atoms with Crippen LogP contribution in [0.1, 0.15) is 68.0 Å². The summed E-state index contributed by atoms with van der Waals surface area (Å²) in [6.45, 7) is 4.39. The number of alkyl halides is 1. The van der Waals surface area contributed by atoms with Gasteiger partial charge in [-0.2, -0.15) is 15.0 Å². The number of benzene rings is 1. The third-order valence-electron chi connectivity index (χ3n) is 11.4. The summed E-state index contributed by atoms with van der Waals surface area (Å²) in [4.78, 5) is 24.7. The lowest BCUT2D eigenvalue weighted by Crippen LogP contribution is -2.51. The lowest BCUT2D eigenvalue weighted by atomic mass is 9.85. The van der Waals surface area contributed by atoms with Gasteiger partial charge in [-0.15, -0.1) is 0 Å². The maximum absolute atomic E-state index is 15.0. The van der Waals surface area contributed by atoms with Gasteiger partial charge in [0.05, 0.1) is 24.4 Å². The summed E-state index contributed by atoms with van der Waals surface area (Å²) >= 11 is 0. The minimum absolute atomic E-state index is 0.0319. The van der Waals surface area contributed by atoms with E-state index in [2.05, 4.69) is 20.1 Å². The highest BCUT2D eigenvalue weighted by Gasteiger charge is 2.49. The Kier molecular flexibility index (Phi) is 6.28. The summed E-state index contributed by atoms with van der Waals surface area (Å²) in [5.41, 5.74) is 11.1. The third kappa shape index (κ3) is 4.52. The Morgan fingerprint density at radius 2 is 1.81 bits per heavy atom. The SMILES string of the molecule is Nc1nc2c(-c3c(C4CC4)nc4c(N5CC6CCC(C5)N6)nc(OC[C@@]56CCCN5C[C@H](F)C6)nc4c3C3COC3)ccc(F)c2o1. The van der Waals surface area contributed by atoms with E-state index in [-0.39, 0.29) is 35.0 Å². The number of halogens is 2. The fourth-order valence-electron chi connectivity index (χ4n) is 8.98. The topological polar surface area (TPSA) is 128 Å². The molecule has 1 aromatic carbocycles. The largest absolute Gasteiger partial charge is 0.461 e. The van der Waals surface area contributed by atoms with Crippen LogP contribution < -0.4 is 20.7 Å². The Morgan fingerprint density at radius 1 is 0.979 bits per heavy atom. The minimum atomic E-state index is -0.848. The predicted molar refractivity (Wildman–Crippen MR) is 171 cm³/mol. The Morgan fingerprint density at radius 3 is 2.57 bits per heavy atom. The first-order valence-electron chi connectivity index (χ1n) is 17.1. The van der Waals surface area contributed by atoms with E-state index in [0.717, 1.165) is 91.9 Å². The second kappa shape index (κ2) is 10.4. The van der Waals surface area contributed by atoms with Crippen molar-refractivity contribution < 1.29 is 22.7 Å². The molecular weight excluding hydrogens is 606 g/mol. The van der Waals surface area contributed by atoms with Crippen molar-refractivity contribution in [1.29, 1.82) is 0 Å². The van der Waals surface area contributed by atoms with Crippen molar-refractivity contribution in [3.8, 4) is 17.1 Å². The van der Waals surface area contributed by atoms with Gasteiger partial charge in [0.25, 0.3) is 6.01 Å². The van der Waals surface area contributed by atoms with E-state index < -0.39 is 12.0 Å². The van der Waals surface area contributed by atoms with Gasteiger partial charge in [-0.3, -0.25) is 4.90 Å². The molecular formula is C34H38F2N8O3. The first kappa shape index (κ1) is 28.3. The monoisotopic (exact) mass is 644 g/mol. The summed E-state index contributed by atoms with van der Waals surface area (Å²) in [6.07, 6.45) is 5.85. The molecule has 10 rings (SSSR count). The maximum atomic E-state index is 15.0. The van der Waals surface area contributed by atoms with Crippen molar-refractivity contribution in [2.45, 2.75) is 80.6 Å². The third-order valence-corrected chi connectivity index (χ3v) is 11.4.